The summed E-state index contributed by atoms with van der Waals surface area (Å²) in [5, 5.41) is -0.375. The van der Waals surface area contributed by atoms with Crippen LogP contribution in [0.4, 0.5) is 0 Å². The van der Waals surface area contributed by atoms with Crippen LogP contribution in [0.2, 0.25) is 0 Å². The number of hydrogen-bond donors (Lipinski definition) is 1. The molecule has 0 aromatic heterocycles. The molecule has 0 saturated carbocycles. The molecule has 1 atom stereocenters. The minimum Gasteiger partial charge on any atom is -0.781 e. The molecule has 0 spiro atoms. The van der Waals surface area contributed by atoms with Crippen LogP contribution >= 0.6 is 0 Å². The van der Waals surface area contributed by atoms with Crippen molar-refractivity contribution in [3.05, 3.63) is 0 Å². The van der Waals surface area contributed by atoms with Crippen molar-refractivity contribution in [2.75, 3.05) is 6.54 Å². The Kier molecular flexibility index (Phi) is 8.20. The monoisotopic (exact) mass is 310 g/mol. The topological polar surface area (TPSA) is 43.1 Å². The molecule has 0 amide bonds. The van der Waals surface area contributed by atoms with Crippen LogP contribution in [0.3, 0.4) is 0 Å². The Hall–Kier alpha value is 0.616. The van der Waals surface area contributed by atoms with Crippen molar-refractivity contribution in [1.82, 2.24) is 0 Å². The number of nitrogens with two attached hydrogens (primary N) is 1. The van der Waals surface area contributed by atoms with Gasteiger partial charge < -0.3 is 23.2 Å². The predicted molar refractivity (Wildman–Crippen MR) is 30.9 cm³/mol. The second kappa shape index (κ2) is 5.75. The van der Waals surface area contributed by atoms with Crippen molar-refractivity contribution in [1.29, 1.82) is 0 Å². The molecule has 2 nitrogen and oxygen atoms in total. The molecule has 0 aromatic carbocycles. The van der Waals surface area contributed by atoms with E-state index in [-0.39, 0.29) is 37.4 Å². The van der Waals surface area contributed by atoms with Crippen molar-refractivity contribution in [2.45, 2.75) is 12.2 Å². The van der Waals surface area contributed by atoms with Crippen LogP contribution in [0.15, 0.2) is 0 Å². The van der Waals surface area contributed by atoms with Gasteiger partial charge in [0.15, 0.2) is 0 Å². The molecule has 1 radical (unpaired) electrons. The van der Waals surface area contributed by atoms with Gasteiger partial charge in [-0.2, -0.15) is 0 Å². The maximum Gasteiger partial charge on any atom is 1.00 e. The van der Waals surface area contributed by atoms with Crippen LogP contribution in [0.1, 0.15) is 6.92 Å². The van der Waals surface area contributed by atoms with Crippen LogP contribution in [-0.2, 0) is 37.2 Å². The first-order valence-electron chi connectivity index (χ1n) is 2.04. The minimum atomic E-state index is -0.375. The van der Waals surface area contributed by atoms with Crippen LogP contribution in [0.25, 0.3) is 0 Å². The normalized spacial score (nSPS) is 11.9. The largest absolute Gasteiger partial charge is 1.00 e. The fraction of sp³-hybridized carbons (Fsp3) is 0.750. The molecule has 0 aliphatic rings. The zero-order valence-electron chi connectivity index (χ0n) is 4.53. The van der Waals surface area contributed by atoms with Gasteiger partial charge in [0.25, 0.3) is 0 Å². The third-order valence-electron chi connectivity index (χ3n) is 0.667. The fourth-order valence-corrected chi connectivity index (χ4v) is 0.166. The van der Waals surface area contributed by atoms with E-state index in [0.29, 0.717) is 0 Å². The van der Waals surface area contributed by atoms with Crippen molar-refractivity contribution in [2.24, 2.45) is 5.73 Å². The fourth-order valence-electron chi connectivity index (χ4n) is 0.166. The number of carbonyl (C=O) groups is 1. The third-order valence-corrected chi connectivity index (χ3v) is 1.19. The van der Waals surface area contributed by atoms with Gasteiger partial charge in [-0.1, -0.05) is 5.25 Å². The van der Waals surface area contributed by atoms with Gasteiger partial charge in [-0.05, 0) is 13.5 Å². The standard InChI is InChI=1S/C4H9NOS.Os/c1-3(6)4(7)2-5;/h4,7H,2,5H2,1H3;/q;+1/p-1. The molecule has 4 heteroatoms. The van der Waals surface area contributed by atoms with Gasteiger partial charge >= 0.3 is 19.8 Å². The zero-order valence-corrected chi connectivity index (χ0v) is 7.89. The first-order chi connectivity index (χ1) is 3.18. The first kappa shape index (κ1) is 11.4. The van der Waals surface area contributed by atoms with Crippen LogP contribution in [0, 0.1) is 0 Å². The Morgan fingerprint density at radius 3 is 2.25 bits per heavy atom. The molecule has 0 rings (SSSR count). The van der Waals surface area contributed by atoms with Crippen LogP contribution in [-0.4, -0.2) is 17.6 Å². The van der Waals surface area contributed by atoms with Crippen LogP contribution < -0.4 is 5.73 Å². The van der Waals surface area contributed by atoms with Gasteiger partial charge in [-0.15, -0.1) is 0 Å². The molecular formula is C4H8NOOsS. The van der Waals surface area contributed by atoms with E-state index in [9.17, 15) is 4.79 Å². The molecule has 0 heterocycles. The predicted octanol–water partition coefficient (Wildman–Crippen LogP) is -0.553. The molecule has 0 aromatic rings. The van der Waals surface area contributed by atoms with Crippen molar-refractivity contribution < 1.29 is 24.6 Å². The van der Waals surface area contributed by atoms with Crippen molar-refractivity contribution in [3.8, 4) is 0 Å². The molecule has 0 fully saturated rings. The summed E-state index contributed by atoms with van der Waals surface area (Å²) in [4.78, 5) is 10.2. The van der Waals surface area contributed by atoms with Gasteiger partial charge in [0, 0.05) is 0 Å². The van der Waals surface area contributed by atoms with Gasteiger partial charge in [0.1, 0.15) is 5.78 Å². The van der Waals surface area contributed by atoms with E-state index in [1.54, 1.807) is 0 Å². The summed E-state index contributed by atoms with van der Waals surface area (Å²) in [6.45, 7) is 1.73. The van der Waals surface area contributed by atoms with E-state index >= 15 is 0 Å². The molecule has 1 unspecified atom stereocenters. The maximum atomic E-state index is 10.2. The number of carbonyl (C=O) groups excluding carboxylic acids is 1. The minimum absolute atomic E-state index is 0. The van der Waals surface area contributed by atoms with Gasteiger partial charge in [-0.25, -0.2) is 0 Å². The summed E-state index contributed by atoms with van der Waals surface area (Å²) in [5.74, 6) is -0.0162. The van der Waals surface area contributed by atoms with E-state index < -0.39 is 0 Å². The second-order valence-corrected chi connectivity index (χ2v) is 1.90. The first-order valence-corrected chi connectivity index (χ1v) is 2.52. The zero-order chi connectivity index (χ0) is 5.86. The average molecular weight is 308 g/mol. The molecule has 2 N–H and O–H groups in total. The number of rotatable bonds is 2. The molecule has 8 heavy (non-hydrogen) atoms. The summed E-state index contributed by atoms with van der Waals surface area (Å²) >= 11 is 4.59. The van der Waals surface area contributed by atoms with Gasteiger partial charge in [0.05, 0.1) is 0 Å². The summed E-state index contributed by atoms with van der Waals surface area (Å²) in [6.07, 6.45) is 0. The molecule has 0 saturated heterocycles. The van der Waals surface area contributed by atoms with E-state index in [4.69, 9.17) is 5.73 Å². The summed E-state index contributed by atoms with van der Waals surface area (Å²) < 4.78 is 0. The quantitative estimate of drug-likeness (QED) is 0.696. The van der Waals surface area contributed by atoms with Crippen molar-refractivity contribution >= 4 is 18.4 Å². The van der Waals surface area contributed by atoms with E-state index in [1.165, 1.54) is 6.92 Å². The molecular weight excluding hydrogens is 300 g/mol. The summed E-state index contributed by atoms with van der Waals surface area (Å²) in [6, 6.07) is 0. The Morgan fingerprint density at radius 2 is 2.25 bits per heavy atom. The Bertz CT molecular complexity index is 78.4. The Morgan fingerprint density at radius 1 is 1.88 bits per heavy atom. The summed E-state index contributed by atoms with van der Waals surface area (Å²) in [5.41, 5.74) is 5.05. The Labute approximate surface area is 67.7 Å². The third kappa shape index (κ3) is 4.77. The summed E-state index contributed by atoms with van der Waals surface area (Å²) in [7, 11) is 0. The van der Waals surface area contributed by atoms with Gasteiger partial charge in [0.2, 0.25) is 0 Å². The maximum absolute atomic E-state index is 10.2. The second-order valence-electron chi connectivity index (χ2n) is 1.33. The van der Waals surface area contributed by atoms with Crippen molar-refractivity contribution in [3.63, 3.8) is 0 Å². The number of Topliss-reactive ketones (excluding diaryl/α,β-unsaturated/α-hetero) is 1. The molecule has 0 aliphatic heterocycles. The number of ketones is 1. The van der Waals surface area contributed by atoms with Gasteiger partial charge in [-0.3, -0.25) is 0 Å². The molecule has 0 aliphatic carbocycles. The van der Waals surface area contributed by atoms with E-state index in [0.717, 1.165) is 0 Å². The SMILES string of the molecule is CC(=O)C([S-])CN.[Os+]. The van der Waals surface area contributed by atoms with Crippen LogP contribution in [0.5, 0.6) is 0 Å². The molecule has 49 valence electrons. The Balaban J connectivity index is 0. The average Bonchev–Trinajstić information content (AvgIpc) is 1.65. The number of hydrogen-bond acceptors (Lipinski definition) is 3. The smallest absolute Gasteiger partial charge is 0.781 e. The van der Waals surface area contributed by atoms with E-state index in [2.05, 4.69) is 12.6 Å². The molecule has 0 bridgehead atoms. The van der Waals surface area contributed by atoms with E-state index in [1.807, 2.05) is 0 Å².